The molecule has 76 heavy (non-hydrogen) atoms. The fourth-order valence-electron chi connectivity index (χ4n) is 12.3. The summed E-state index contributed by atoms with van der Waals surface area (Å²) in [5.41, 5.74) is 5.50. The molecule has 0 spiro atoms. The van der Waals surface area contributed by atoms with Crippen LogP contribution in [0, 0.1) is 59.2 Å². The van der Waals surface area contributed by atoms with Crippen molar-refractivity contribution in [2.24, 2.45) is 59.2 Å². The average Bonchev–Trinajstić information content (AvgIpc) is 4.13. The fraction of sp³-hybridized carbons (Fsp3) is 0.845. The van der Waals surface area contributed by atoms with Crippen molar-refractivity contribution in [1.82, 2.24) is 0 Å². The Morgan fingerprint density at radius 3 is 1.54 bits per heavy atom. The molecule has 5 aliphatic carbocycles. The normalized spacial score (nSPS) is 25.8. The van der Waals surface area contributed by atoms with Gasteiger partial charge in [-0.2, -0.15) is 0 Å². The van der Waals surface area contributed by atoms with Gasteiger partial charge in [-0.1, -0.05) is 200 Å². The van der Waals surface area contributed by atoms with E-state index in [0.717, 1.165) is 107 Å². The van der Waals surface area contributed by atoms with Crippen molar-refractivity contribution >= 4 is 17.3 Å². The molecule has 0 bridgehead atoms. The van der Waals surface area contributed by atoms with E-state index in [4.69, 9.17) is 0 Å². The molecule has 0 aromatic rings. The fourth-order valence-corrected chi connectivity index (χ4v) is 12.3. The van der Waals surface area contributed by atoms with Crippen molar-refractivity contribution in [3.05, 3.63) is 46.6 Å². The van der Waals surface area contributed by atoms with E-state index in [0.29, 0.717) is 46.9 Å². The van der Waals surface area contributed by atoms with E-state index in [1.54, 1.807) is 0 Å². The number of aliphatic hydroxyl groups excluding tert-OH is 2. The summed E-state index contributed by atoms with van der Waals surface area (Å²) >= 11 is 0. The van der Waals surface area contributed by atoms with Gasteiger partial charge < -0.3 is 10.2 Å². The van der Waals surface area contributed by atoms with E-state index in [9.17, 15) is 24.6 Å². The third kappa shape index (κ3) is 35.5. The smallest absolute Gasteiger partial charge is 0.155 e. The highest BCUT2D eigenvalue weighted by Crippen LogP contribution is 2.33. The maximum absolute atomic E-state index is 11.5. The van der Waals surface area contributed by atoms with Gasteiger partial charge in [0.05, 0.1) is 12.2 Å². The van der Waals surface area contributed by atoms with Crippen molar-refractivity contribution in [3.8, 4) is 0 Å². The second-order valence-corrected chi connectivity index (χ2v) is 26.4. The van der Waals surface area contributed by atoms with Crippen LogP contribution in [0.25, 0.3) is 0 Å². The van der Waals surface area contributed by atoms with Gasteiger partial charge in [0.25, 0.3) is 0 Å². The minimum atomic E-state index is -0.0405. The Labute approximate surface area is 473 Å². The lowest BCUT2D eigenvalue weighted by molar-refractivity contribution is -0.121. The van der Waals surface area contributed by atoms with Gasteiger partial charge in [0, 0.05) is 25.2 Å². The van der Waals surface area contributed by atoms with Gasteiger partial charge >= 0.3 is 0 Å². The van der Waals surface area contributed by atoms with Crippen molar-refractivity contribution in [2.45, 2.75) is 327 Å². The van der Waals surface area contributed by atoms with Gasteiger partial charge in [-0.3, -0.25) is 14.4 Å². The van der Waals surface area contributed by atoms with Crippen LogP contribution in [0.3, 0.4) is 0 Å². The Morgan fingerprint density at radius 1 is 0.553 bits per heavy atom. The lowest BCUT2D eigenvalue weighted by atomic mass is 9.82. The van der Waals surface area contributed by atoms with Gasteiger partial charge in [-0.05, 0) is 196 Å². The highest BCUT2D eigenvalue weighted by Gasteiger charge is 2.27. The SMILES string of the molecule is CC/C(C)=C/CC/C(C)=C/CC1CCCC1O.CCC(C)CC1CC(=O)C=C(C)C1.CCC(C)CCCC(C)CCC1CCCC1=O.CCC(C)CCCC(C)CCC1CCCC1O.CCCCC1CC(=O)C=C(C)C1. The molecule has 3 saturated carbocycles. The first kappa shape index (κ1) is 71.9. The van der Waals surface area contributed by atoms with Crippen LogP contribution < -0.4 is 0 Å². The van der Waals surface area contributed by atoms with Crippen LogP contribution in [-0.2, 0) is 14.4 Å². The summed E-state index contributed by atoms with van der Waals surface area (Å²) < 4.78 is 0. The lowest BCUT2D eigenvalue weighted by Crippen LogP contribution is -2.15. The van der Waals surface area contributed by atoms with Crippen LogP contribution in [0.15, 0.2) is 46.6 Å². The van der Waals surface area contributed by atoms with Gasteiger partial charge in [-0.15, -0.1) is 0 Å². The van der Waals surface area contributed by atoms with E-state index in [2.05, 4.69) is 109 Å². The zero-order valence-corrected chi connectivity index (χ0v) is 52.9. The van der Waals surface area contributed by atoms with Crippen molar-refractivity contribution in [2.75, 3.05) is 0 Å². The molecule has 12 unspecified atom stereocenters. The zero-order valence-electron chi connectivity index (χ0n) is 52.9. The van der Waals surface area contributed by atoms with Gasteiger partial charge in [0.15, 0.2) is 11.6 Å². The second kappa shape index (κ2) is 43.7. The van der Waals surface area contributed by atoms with Crippen LogP contribution in [0.5, 0.6) is 0 Å². The number of unbranched alkanes of at least 4 members (excludes halogenated alkanes) is 1. The highest BCUT2D eigenvalue weighted by molar-refractivity contribution is 5.91. The number of aliphatic hydroxyl groups is 2. The van der Waals surface area contributed by atoms with E-state index in [1.807, 2.05) is 12.2 Å². The maximum Gasteiger partial charge on any atom is 0.155 e. The second-order valence-electron chi connectivity index (χ2n) is 26.4. The minimum absolute atomic E-state index is 0.0160. The Hall–Kier alpha value is -2.11. The van der Waals surface area contributed by atoms with Gasteiger partial charge in [0.1, 0.15) is 5.78 Å². The molecule has 12 atom stereocenters. The molecule has 0 aliphatic heterocycles. The molecular formula is C71H128O5. The number of ketones is 3. The molecule has 2 N–H and O–H groups in total. The lowest BCUT2D eigenvalue weighted by Gasteiger charge is -2.22. The molecular weight excluding hydrogens is 933 g/mol. The maximum atomic E-state index is 11.5. The van der Waals surface area contributed by atoms with Crippen molar-refractivity contribution < 1.29 is 24.6 Å². The van der Waals surface area contributed by atoms with Crippen LogP contribution in [0.1, 0.15) is 315 Å². The highest BCUT2D eigenvalue weighted by atomic mass is 16.3. The Balaban J connectivity index is 0.000000478. The molecule has 5 heteroatoms. The number of hydrogen-bond donors (Lipinski definition) is 2. The minimum Gasteiger partial charge on any atom is -0.393 e. The topological polar surface area (TPSA) is 91.7 Å². The number of rotatable bonds is 28. The Kier molecular flexibility index (Phi) is 41.3. The van der Waals surface area contributed by atoms with Gasteiger partial charge in [0.2, 0.25) is 0 Å². The molecule has 0 aromatic heterocycles. The molecule has 442 valence electrons. The van der Waals surface area contributed by atoms with Crippen molar-refractivity contribution in [1.29, 1.82) is 0 Å². The van der Waals surface area contributed by atoms with Crippen LogP contribution in [0.2, 0.25) is 0 Å². The molecule has 0 aromatic carbocycles. The predicted molar refractivity (Wildman–Crippen MR) is 331 cm³/mol. The summed E-state index contributed by atoms with van der Waals surface area (Å²) in [6.45, 7) is 31.5. The number of carbonyl (C=O) groups excluding carboxylic acids is 3. The van der Waals surface area contributed by atoms with Gasteiger partial charge in [-0.25, -0.2) is 0 Å². The monoisotopic (exact) mass is 1060 g/mol. The summed E-state index contributed by atoms with van der Waals surface area (Å²) in [6.07, 6.45) is 48.9. The molecule has 0 radical (unpaired) electrons. The zero-order chi connectivity index (χ0) is 56.8. The van der Waals surface area contributed by atoms with Crippen LogP contribution >= 0.6 is 0 Å². The molecule has 5 aliphatic rings. The first-order valence-electron chi connectivity index (χ1n) is 32.8. The quantitative estimate of drug-likeness (QED) is 0.0762. The predicted octanol–water partition coefficient (Wildman–Crippen LogP) is 20.8. The number of carbonyl (C=O) groups is 3. The van der Waals surface area contributed by atoms with Crippen LogP contribution in [0.4, 0.5) is 0 Å². The summed E-state index contributed by atoms with van der Waals surface area (Å²) in [4.78, 5) is 34.0. The van der Waals surface area contributed by atoms with E-state index < -0.39 is 0 Å². The molecule has 0 saturated heterocycles. The first-order chi connectivity index (χ1) is 36.2. The number of allylic oxidation sites excluding steroid dienone is 8. The summed E-state index contributed by atoms with van der Waals surface area (Å²) in [7, 11) is 0. The third-order valence-electron chi connectivity index (χ3n) is 18.7. The van der Waals surface area contributed by atoms with E-state index >= 15 is 0 Å². The Morgan fingerprint density at radius 2 is 1.07 bits per heavy atom. The molecule has 5 nitrogen and oxygen atoms in total. The average molecular weight is 1060 g/mol. The van der Waals surface area contributed by atoms with E-state index in [1.165, 1.54) is 164 Å². The van der Waals surface area contributed by atoms with E-state index in [-0.39, 0.29) is 12.2 Å². The molecule has 0 heterocycles. The van der Waals surface area contributed by atoms with Crippen LogP contribution in [-0.4, -0.2) is 39.8 Å². The molecule has 3 fully saturated rings. The first-order valence-corrected chi connectivity index (χ1v) is 32.8. The number of Topliss-reactive ketones (excluding diaryl/α,β-unsaturated/α-hetero) is 1. The largest absolute Gasteiger partial charge is 0.393 e. The molecule has 0 amide bonds. The molecule has 5 rings (SSSR count). The standard InChI is InChI=1S/C16H32O.C16H30O.C16H28O.C12H20O.C11H18O/c3*1-4-13(2)7-5-8-14(3)11-12-15-9-6-10-16(15)17;1-4-9(2)5-11-6-10(3)7-12(13)8-11;1-3-4-5-10-6-9(2)7-11(12)8-10/h13-17H,4-12H2,1-3H3;13-15H,4-12H2,1-3H3;7,11,15-17H,4-6,8-10,12H2,1-3H3;7,9,11H,4-6,8H2,1-3H3;7,10H,3-6,8H2,1-2H3/b;;13-7+,14-11+;;. The van der Waals surface area contributed by atoms with Crippen molar-refractivity contribution in [3.63, 3.8) is 0 Å². The summed E-state index contributed by atoms with van der Waals surface area (Å²) in [5.74, 6) is 8.25. The third-order valence-corrected chi connectivity index (χ3v) is 18.7. The number of hydrogen-bond acceptors (Lipinski definition) is 5. The summed E-state index contributed by atoms with van der Waals surface area (Å²) in [6, 6.07) is 0. The summed E-state index contributed by atoms with van der Waals surface area (Å²) in [5, 5.41) is 19.5. The Bertz CT molecular complexity index is 1650.